The Labute approximate surface area is 200 Å². The molecule has 0 saturated carbocycles. The van der Waals surface area contributed by atoms with Crippen LogP contribution < -0.4 is 20.1 Å². The van der Waals surface area contributed by atoms with Crippen molar-refractivity contribution in [2.24, 2.45) is 0 Å². The summed E-state index contributed by atoms with van der Waals surface area (Å²) in [5, 5.41) is 5.92. The van der Waals surface area contributed by atoms with Gasteiger partial charge in [0.2, 0.25) is 5.91 Å². The van der Waals surface area contributed by atoms with Gasteiger partial charge in [-0.2, -0.15) is 0 Å². The monoisotopic (exact) mass is 492 g/mol. The number of ether oxygens (including phenoxy) is 3. The van der Waals surface area contributed by atoms with Crippen molar-refractivity contribution in [1.82, 2.24) is 5.32 Å². The molecule has 3 rings (SSSR count). The molecule has 1 heterocycles. The van der Waals surface area contributed by atoms with E-state index in [1.54, 1.807) is 37.3 Å². The average Bonchev–Trinajstić information content (AvgIpc) is 3.04. The molecule has 0 saturated heterocycles. The SMILES string of the molecule is Cc1c(Cl)cccc1NC(=O)CNC(=O)COC(=O)/C=C/c1cc(Cl)c2c(c1)OCCCO2. The Morgan fingerprint density at radius 2 is 1.88 bits per heavy atom. The molecular formula is C23H22Cl2N2O6. The second kappa shape index (κ2) is 11.6. The van der Waals surface area contributed by atoms with Crippen molar-refractivity contribution in [3.8, 4) is 11.5 Å². The van der Waals surface area contributed by atoms with E-state index in [-0.39, 0.29) is 6.54 Å². The maximum Gasteiger partial charge on any atom is 0.331 e. The van der Waals surface area contributed by atoms with Crippen LogP contribution in [0.2, 0.25) is 10.0 Å². The lowest BCUT2D eigenvalue weighted by atomic mass is 10.2. The third-order valence-electron chi connectivity index (χ3n) is 4.57. The van der Waals surface area contributed by atoms with Crippen LogP contribution in [-0.4, -0.2) is 44.1 Å². The number of nitrogens with one attached hydrogen (secondary N) is 2. The maximum absolute atomic E-state index is 12.0. The molecule has 0 bridgehead atoms. The maximum atomic E-state index is 12.0. The molecule has 0 atom stereocenters. The van der Waals surface area contributed by atoms with Crippen LogP contribution in [0.4, 0.5) is 5.69 Å². The summed E-state index contributed by atoms with van der Waals surface area (Å²) in [6.07, 6.45) is 3.39. The van der Waals surface area contributed by atoms with Gasteiger partial charge in [-0.25, -0.2) is 4.79 Å². The summed E-state index contributed by atoms with van der Waals surface area (Å²) in [4.78, 5) is 35.8. The molecule has 0 spiro atoms. The summed E-state index contributed by atoms with van der Waals surface area (Å²) >= 11 is 12.2. The Bertz CT molecular complexity index is 1090. The predicted octanol–water partition coefficient (Wildman–Crippen LogP) is 3.77. The Kier molecular flexibility index (Phi) is 8.57. The van der Waals surface area contributed by atoms with Crippen LogP contribution >= 0.6 is 23.2 Å². The Morgan fingerprint density at radius 3 is 2.70 bits per heavy atom. The van der Waals surface area contributed by atoms with Gasteiger partial charge in [-0.15, -0.1) is 0 Å². The van der Waals surface area contributed by atoms with E-state index < -0.39 is 24.4 Å². The second-order valence-corrected chi connectivity index (χ2v) is 7.87. The van der Waals surface area contributed by atoms with Gasteiger partial charge in [-0.3, -0.25) is 9.59 Å². The van der Waals surface area contributed by atoms with E-state index in [4.69, 9.17) is 37.4 Å². The van der Waals surface area contributed by atoms with Crippen molar-refractivity contribution in [3.05, 3.63) is 57.6 Å². The number of carbonyl (C=O) groups is 3. The van der Waals surface area contributed by atoms with Crippen LogP contribution in [0.1, 0.15) is 17.5 Å². The molecule has 33 heavy (non-hydrogen) atoms. The number of fused-ring (bicyclic) bond motifs is 1. The highest BCUT2D eigenvalue weighted by Gasteiger charge is 2.15. The molecule has 2 aromatic carbocycles. The normalized spacial score (nSPS) is 12.7. The van der Waals surface area contributed by atoms with E-state index in [1.807, 2.05) is 0 Å². The fourth-order valence-electron chi connectivity index (χ4n) is 2.86. The number of carbonyl (C=O) groups excluding carboxylic acids is 3. The molecule has 0 unspecified atom stereocenters. The summed E-state index contributed by atoms with van der Waals surface area (Å²) in [5.74, 6) is -0.814. The number of halogens is 2. The van der Waals surface area contributed by atoms with Crippen LogP contribution in [0.15, 0.2) is 36.4 Å². The van der Waals surface area contributed by atoms with Gasteiger partial charge in [0.05, 0.1) is 24.8 Å². The van der Waals surface area contributed by atoms with E-state index in [2.05, 4.69) is 10.6 Å². The van der Waals surface area contributed by atoms with E-state index in [1.165, 1.54) is 6.08 Å². The quantitative estimate of drug-likeness (QED) is 0.450. The van der Waals surface area contributed by atoms with Gasteiger partial charge in [0, 0.05) is 23.2 Å². The highest BCUT2D eigenvalue weighted by Crippen LogP contribution is 2.38. The standard InChI is InChI=1S/C23H22Cl2N2O6/c1-14-16(24)4-2-5-18(14)27-20(28)12-26-21(29)13-33-22(30)7-6-15-10-17(25)23-19(11-15)31-8-3-9-32-23/h2,4-7,10-11H,3,8-9,12-13H2,1H3,(H,26,29)(H,27,28)/b7-6+. The number of esters is 1. The molecule has 1 aliphatic heterocycles. The number of rotatable bonds is 7. The molecule has 1 aliphatic rings. The van der Waals surface area contributed by atoms with Gasteiger partial charge >= 0.3 is 5.97 Å². The first-order chi connectivity index (χ1) is 15.8. The summed E-state index contributed by atoms with van der Waals surface area (Å²) in [5.41, 5.74) is 1.88. The zero-order chi connectivity index (χ0) is 23.8. The third kappa shape index (κ3) is 7.13. The molecule has 10 heteroatoms. The van der Waals surface area contributed by atoms with Crippen molar-refractivity contribution in [1.29, 1.82) is 0 Å². The minimum Gasteiger partial charge on any atom is -0.489 e. The smallest absolute Gasteiger partial charge is 0.331 e. The lowest BCUT2D eigenvalue weighted by Gasteiger charge is -2.10. The zero-order valence-corrected chi connectivity index (χ0v) is 19.3. The van der Waals surface area contributed by atoms with E-state index in [0.29, 0.717) is 46.0 Å². The first-order valence-electron chi connectivity index (χ1n) is 10.1. The predicted molar refractivity (Wildman–Crippen MR) is 125 cm³/mol. The van der Waals surface area contributed by atoms with Gasteiger partial charge in [0.1, 0.15) is 0 Å². The van der Waals surface area contributed by atoms with Crippen LogP contribution in [0.3, 0.4) is 0 Å². The van der Waals surface area contributed by atoms with Crippen molar-refractivity contribution >= 4 is 52.7 Å². The zero-order valence-electron chi connectivity index (χ0n) is 17.8. The minimum absolute atomic E-state index is 0.284. The average molecular weight is 493 g/mol. The van der Waals surface area contributed by atoms with Crippen LogP contribution in [0.5, 0.6) is 11.5 Å². The van der Waals surface area contributed by atoms with Gasteiger partial charge in [-0.1, -0.05) is 29.3 Å². The van der Waals surface area contributed by atoms with E-state index in [9.17, 15) is 14.4 Å². The molecule has 174 valence electrons. The fraction of sp³-hybridized carbons (Fsp3) is 0.261. The highest BCUT2D eigenvalue weighted by molar-refractivity contribution is 6.32. The molecular weight excluding hydrogens is 471 g/mol. The topological polar surface area (TPSA) is 103 Å². The van der Waals surface area contributed by atoms with E-state index >= 15 is 0 Å². The summed E-state index contributed by atoms with van der Waals surface area (Å²) in [6, 6.07) is 8.44. The Hall–Kier alpha value is -3.23. The van der Waals surface area contributed by atoms with Crippen molar-refractivity contribution in [3.63, 3.8) is 0 Å². The lowest BCUT2D eigenvalue weighted by molar-refractivity contribution is -0.143. The van der Waals surface area contributed by atoms with Gasteiger partial charge in [0.15, 0.2) is 18.1 Å². The molecule has 2 aromatic rings. The van der Waals surface area contributed by atoms with E-state index in [0.717, 1.165) is 18.1 Å². The molecule has 2 N–H and O–H groups in total. The molecule has 0 aromatic heterocycles. The molecule has 0 aliphatic carbocycles. The summed E-state index contributed by atoms with van der Waals surface area (Å²) in [6.45, 7) is 1.97. The largest absolute Gasteiger partial charge is 0.489 e. The van der Waals surface area contributed by atoms with Gasteiger partial charge in [0.25, 0.3) is 5.91 Å². The third-order valence-corrected chi connectivity index (χ3v) is 5.26. The first-order valence-corrected chi connectivity index (χ1v) is 10.8. The Balaban J connectivity index is 1.44. The second-order valence-electron chi connectivity index (χ2n) is 7.06. The number of hydrogen-bond acceptors (Lipinski definition) is 6. The van der Waals surface area contributed by atoms with Crippen LogP contribution in [0, 0.1) is 6.92 Å². The number of hydrogen-bond donors (Lipinski definition) is 2. The summed E-state index contributed by atoms with van der Waals surface area (Å²) < 4.78 is 16.1. The van der Waals surface area contributed by atoms with Gasteiger partial charge < -0.3 is 24.8 Å². The van der Waals surface area contributed by atoms with Crippen LogP contribution in [0.25, 0.3) is 6.08 Å². The minimum atomic E-state index is -0.729. The number of anilines is 1. The van der Waals surface area contributed by atoms with Crippen LogP contribution in [-0.2, 0) is 19.1 Å². The first kappa shape index (κ1) is 24.4. The Morgan fingerprint density at radius 1 is 1.09 bits per heavy atom. The fourth-order valence-corrected chi connectivity index (χ4v) is 3.31. The van der Waals surface area contributed by atoms with Crippen molar-refractivity contribution < 1.29 is 28.6 Å². The lowest BCUT2D eigenvalue weighted by Crippen LogP contribution is -2.35. The molecule has 0 fully saturated rings. The van der Waals surface area contributed by atoms with Crippen molar-refractivity contribution in [2.75, 3.05) is 31.7 Å². The molecule has 2 amide bonds. The summed E-state index contributed by atoms with van der Waals surface area (Å²) in [7, 11) is 0. The highest BCUT2D eigenvalue weighted by atomic mass is 35.5. The molecule has 0 radical (unpaired) electrons. The number of amides is 2. The molecule has 8 nitrogen and oxygen atoms in total. The van der Waals surface area contributed by atoms with Crippen molar-refractivity contribution in [2.45, 2.75) is 13.3 Å². The number of benzene rings is 2. The van der Waals surface area contributed by atoms with Gasteiger partial charge in [-0.05, 0) is 48.4 Å².